The Bertz CT molecular complexity index is 489. The quantitative estimate of drug-likeness (QED) is 0.243. The summed E-state index contributed by atoms with van der Waals surface area (Å²) in [4.78, 5) is 10.7. The standard InChI is InChI=1S/C25H42O4/c26-21-15-8-6-4-2-1-3-5-7-12-18-24(19-13-14-20-25(27)28)29-22-23-16-10-9-11-17-23/h9-11,16-17,24,26H,1-8,12-15,18-22H2,(H,27,28). The molecular weight excluding hydrogens is 364 g/mol. The highest BCUT2D eigenvalue weighted by molar-refractivity contribution is 5.66. The first-order chi connectivity index (χ1) is 14.2. The van der Waals surface area contributed by atoms with Crippen LogP contribution in [0.4, 0.5) is 0 Å². The largest absolute Gasteiger partial charge is 0.481 e. The fraction of sp³-hybridized carbons (Fsp3) is 0.720. The minimum atomic E-state index is -0.708. The van der Waals surface area contributed by atoms with Crippen LogP contribution in [0.15, 0.2) is 30.3 Å². The summed E-state index contributed by atoms with van der Waals surface area (Å²) in [6.45, 7) is 0.969. The molecule has 0 aliphatic heterocycles. The zero-order chi connectivity index (χ0) is 21.0. The van der Waals surface area contributed by atoms with Crippen LogP contribution >= 0.6 is 0 Å². The lowest BCUT2D eigenvalue weighted by molar-refractivity contribution is -0.137. The summed E-state index contributed by atoms with van der Waals surface area (Å²) in [5.41, 5.74) is 1.20. The maximum absolute atomic E-state index is 10.7. The molecule has 1 aromatic carbocycles. The van der Waals surface area contributed by atoms with E-state index in [0.717, 1.165) is 38.5 Å². The van der Waals surface area contributed by atoms with Gasteiger partial charge in [0.25, 0.3) is 0 Å². The zero-order valence-corrected chi connectivity index (χ0v) is 18.2. The van der Waals surface area contributed by atoms with Crippen LogP contribution in [0.25, 0.3) is 0 Å². The first-order valence-electron chi connectivity index (χ1n) is 11.7. The van der Waals surface area contributed by atoms with Crippen LogP contribution in [0.2, 0.25) is 0 Å². The van der Waals surface area contributed by atoms with E-state index in [0.29, 0.717) is 13.2 Å². The number of aliphatic hydroxyl groups is 1. The summed E-state index contributed by atoms with van der Waals surface area (Å²) < 4.78 is 6.16. The SMILES string of the molecule is O=C(O)CCCCC(CCCCCCCCCCCCO)OCc1ccccc1. The van der Waals surface area contributed by atoms with Gasteiger partial charge in [0, 0.05) is 13.0 Å². The number of aliphatic hydroxyl groups excluding tert-OH is 1. The number of benzene rings is 1. The van der Waals surface area contributed by atoms with Gasteiger partial charge in [-0.25, -0.2) is 0 Å². The van der Waals surface area contributed by atoms with E-state index >= 15 is 0 Å². The van der Waals surface area contributed by atoms with Gasteiger partial charge < -0.3 is 14.9 Å². The molecule has 166 valence electrons. The molecule has 0 spiro atoms. The highest BCUT2D eigenvalue weighted by Gasteiger charge is 2.10. The van der Waals surface area contributed by atoms with Crippen molar-refractivity contribution in [3.05, 3.63) is 35.9 Å². The third-order valence-corrected chi connectivity index (χ3v) is 5.43. The summed E-state index contributed by atoms with van der Waals surface area (Å²) in [6.07, 6.45) is 16.5. The van der Waals surface area contributed by atoms with Crippen LogP contribution in [-0.2, 0) is 16.1 Å². The number of aliphatic carboxylic acids is 1. The molecule has 0 saturated heterocycles. The second-order valence-corrected chi connectivity index (χ2v) is 8.11. The summed E-state index contributed by atoms with van der Waals surface area (Å²) in [5.74, 6) is -0.708. The molecule has 1 rings (SSSR count). The van der Waals surface area contributed by atoms with E-state index < -0.39 is 5.97 Å². The molecule has 4 heteroatoms. The maximum Gasteiger partial charge on any atom is 0.303 e. The molecule has 0 heterocycles. The van der Waals surface area contributed by atoms with Gasteiger partial charge in [-0.2, -0.15) is 0 Å². The number of hydrogen-bond acceptors (Lipinski definition) is 3. The molecule has 0 aromatic heterocycles. The van der Waals surface area contributed by atoms with Crippen LogP contribution < -0.4 is 0 Å². The van der Waals surface area contributed by atoms with Crippen LogP contribution in [-0.4, -0.2) is 28.9 Å². The highest BCUT2D eigenvalue weighted by Crippen LogP contribution is 2.18. The number of carboxylic acids is 1. The number of carbonyl (C=O) groups is 1. The van der Waals surface area contributed by atoms with Crippen LogP contribution in [0, 0.1) is 0 Å². The van der Waals surface area contributed by atoms with Gasteiger partial charge in [-0.05, 0) is 31.2 Å². The Hall–Kier alpha value is -1.39. The minimum Gasteiger partial charge on any atom is -0.481 e. The lowest BCUT2D eigenvalue weighted by Crippen LogP contribution is -2.13. The minimum absolute atomic E-state index is 0.232. The fourth-order valence-electron chi connectivity index (χ4n) is 3.65. The number of hydrogen-bond donors (Lipinski definition) is 2. The lowest BCUT2D eigenvalue weighted by Gasteiger charge is -2.18. The number of unbranched alkanes of at least 4 members (excludes halogenated alkanes) is 10. The number of ether oxygens (including phenoxy) is 1. The number of carboxylic acid groups (broad SMARTS) is 1. The Labute approximate surface area is 177 Å². The molecule has 1 aromatic rings. The van der Waals surface area contributed by atoms with E-state index in [1.807, 2.05) is 18.2 Å². The molecule has 0 aliphatic carbocycles. The summed E-state index contributed by atoms with van der Waals surface area (Å²) in [7, 11) is 0. The van der Waals surface area contributed by atoms with E-state index in [2.05, 4.69) is 12.1 Å². The van der Waals surface area contributed by atoms with E-state index in [9.17, 15) is 4.79 Å². The summed E-state index contributed by atoms with van der Waals surface area (Å²) in [5, 5.41) is 17.6. The van der Waals surface area contributed by atoms with Crippen LogP contribution in [0.1, 0.15) is 102 Å². The average molecular weight is 407 g/mol. The molecule has 4 nitrogen and oxygen atoms in total. The van der Waals surface area contributed by atoms with E-state index in [1.54, 1.807) is 0 Å². The topological polar surface area (TPSA) is 66.8 Å². The molecule has 0 radical (unpaired) electrons. The van der Waals surface area contributed by atoms with Crippen molar-refractivity contribution < 1.29 is 19.7 Å². The predicted octanol–water partition coefficient (Wildman–Crippen LogP) is 6.50. The van der Waals surface area contributed by atoms with Crippen molar-refractivity contribution in [3.8, 4) is 0 Å². The van der Waals surface area contributed by atoms with Crippen molar-refractivity contribution in [3.63, 3.8) is 0 Å². The molecule has 1 atom stereocenters. The molecular formula is C25H42O4. The smallest absolute Gasteiger partial charge is 0.303 e. The van der Waals surface area contributed by atoms with E-state index in [1.165, 1.54) is 56.9 Å². The van der Waals surface area contributed by atoms with Gasteiger partial charge in [-0.1, -0.05) is 94.5 Å². The van der Waals surface area contributed by atoms with E-state index in [4.69, 9.17) is 14.9 Å². The second kappa shape index (κ2) is 18.6. The Balaban J connectivity index is 2.13. The van der Waals surface area contributed by atoms with Gasteiger partial charge in [0.2, 0.25) is 0 Å². The van der Waals surface area contributed by atoms with Crippen molar-refractivity contribution in [2.45, 2.75) is 109 Å². The molecule has 0 amide bonds. The monoisotopic (exact) mass is 406 g/mol. The second-order valence-electron chi connectivity index (χ2n) is 8.11. The summed E-state index contributed by atoms with van der Waals surface area (Å²) >= 11 is 0. The third kappa shape index (κ3) is 16.1. The third-order valence-electron chi connectivity index (χ3n) is 5.43. The molecule has 2 N–H and O–H groups in total. The maximum atomic E-state index is 10.7. The number of rotatable bonds is 20. The molecule has 0 saturated carbocycles. The zero-order valence-electron chi connectivity index (χ0n) is 18.2. The summed E-state index contributed by atoms with van der Waals surface area (Å²) in [6, 6.07) is 10.3. The van der Waals surface area contributed by atoms with Crippen LogP contribution in [0.5, 0.6) is 0 Å². The Morgan fingerprint density at radius 1 is 0.759 bits per heavy atom. The van der Waals surface area contributed by atoms with Crippen molar-refractivity contribution in [2.24, 2.45) is 0 Å². The Morgan fingerprint density at radius 2 is 1.28 bits per heavy atom. The van der Waals surface area contributed by atoms with Gasteiger partial charge >= 0.3 is 5.97 Å². The molecule has 0 fully saturated rings. The highest BCUT2D eigenvalue weighted by atomic mass is 16.5. The molecule has 0 aliphatic rings. The van der Waals surface area contributed by atoms with Gasteiger partial charge in [0.1, 0.15) is 0 Å². The Morgan fingerprint density at radius 3 is 1.83 bits per heavy atom. The first kappa shape index (κ1) is 25.6. The first-order valence-corrected chi connectivity index (χ1v) is 11.7. The normalized spacial score (nSPS) is 12.2. The van der Waals surface area contributed by atoms with E-state index in [-0.39, 0.29) is 12.5 Å². The van der Waals surface area contributed by atoms with Gasteiger partial charge in [0.05, 0.1) is 12.7 Å². The van der Waals surface area contributed by atoms with Crippen molar-refractivity contribution >= 4 is 5.97 Å². The van der Waals surface area contributed by atoms with Gasteiger partial charge in [0.15, 0.2) is 0 Å². The van der Waals surface area contributed by atoms with Gasteiger partial charge in [-0.15, -0.1) is 0 Å². The molecule has 29 heavy (non-hydrogen) atoms. The van der Waals surface area contributed by atoms with Crippen molar-refractivity contribution in [1.29, 1.82) is 0 Å². The van der Waals surface area contributed by atoms with Crippen molar-refractivity contribution in [1.82, 2.24) is 0 Å². The van der Waals surface area contributed by atoms with Gasteiger partial charge in [-0.3, -0.25) is 4.79 Å². The van der Waals surface area contributed by atoms with Crippen LogP contribution in [0.3, 0.4) is 0 Å². The van der Waals surface area contributed by atoms with Crippen molar-refractivity contribution in [2.75, 3.05) is 6.61 Å². The average Bonchev–Trinajstić information content (AvgIpc) is 2.73. The fourth-order valence-corrected chi connectivity index (χ4v) is 3.65. The molecule has 1 unspecified atom stereocenters. The molecule has 0 bridgehead atoms. The Kier molecular flexibility index (Phi) is 16.5. The lowest BCUT2D eigenvalue weighted by atomic mass is 10.0. The predicted molar refractivity (Wildman–Crippen MR) is 119 cm³/mol.